The van der Waals surface area contributed by atoms with Gasteiger partial charge >= 0.3 is 0 Å². The van der Waals surface area contributed by atoms with Crippen molar-refractivity contribution in [3.8, 4) is 0 Å². The summed E-state index contributed by atoms with van der Waals surface area (Å²) in [5, 5.41) is 3.67. The number of pyridine rings is 1. The first-order valence-electron chi connectivity index (χ1n) is 7.81. The van der Waals surface area contributed by atoms with E-state index in [1.165, 1.54) is 36.8 Å². The summed E-state index contributed by atoms with van der Waals surface area (Å²) in [6, 6.07) is 2.08. The van der Waals surface area contributed by atoms with E-state index in [-0.39, 0.29) is 0 Å². The van der Waals surface area contributed by atoms with E-state index in [0.29, 0.717) is 5.54 Å². The molecule has 1 fully saturated rings. The molecule has 1 heterocycles. The molecule has 0 amide bonds. The van der Waals surface area contributed by atoms with Crippen molar-refractivity contribution in [1.29, 1.82) is 0 Å². The van der Waals surface area contributed by atoms with Crippen LogP contribution in [0, 0.1) is 12.8 Å². The number of aromatic nitrogens is 1. The fourth-order valence-corrected chi connectivity index (χ4v) is 3.47. The maximum absolute atomic E-state index is 4.23. The van der Waals surface area contributed by atoms with Gasteiger partial charge in [-0.05, 0) is 57.0 Å². The van der Waals surface area contributed by atoms with Crippen LogP contribution in [0.4, 0.5) is 0 Å². The monoisotopic (exact) mass is 275 g/mol. The van der Waals surface area contributed by atoms with Gasteiger partial charge in [0.1, 0.15) is 0 Å². The van der Waals surface area contributed by atoms with E-state index in [0.717, 1.165) is 19.0 Å². The molecule has 1 aromatic rings. The highest BCUT2D eigenvalue weighted by molar-refractivity contribution is 5.21. The first-order valence-corrected chi connectivity index (χ1v) is 7.81. The predicted octanol–water partition coefficient (Wildman–Crippen LogP) is 2.99. The molecule has 0 radical (unpaired) electrons. The molecule has 0 saturated heterocycles. The predicted molar refractivity (Wildman–Crippen MR) is 84.7 cm³/mol. The Morgan fingerprint density at radius 2 is 2.25 bits per heavy atom. The number of nitrogens with zero attached hydrogens (tertiary/aromatic N) is 2. The van der Waals surface area contributed by atoms with Crippen molar-refractivity contribution >= 4 is 0 Å². The number of nitrogens with one attached hydrogen (secondary N) is 1. The van der Waals surface area contributed by atoms with Gasteiger partial charge in [0.25, 0.3) is 0 Å². The molecule has 0 spiro atoms. The topological polar surface area (TPSA) is 28.2 Å². The molecule has 1 aromatic heterocycles. The lowest BCUT2D eigenvalue weighted by molar-refractivity contribution is 0.0749. The zero-order valence-corrected chi connectivity index (χ0v) is 13.4. The summed E-state index contributed by atoms with van der Waals surface area (Å²) in [7, 11) is 4.46. The molecule has 2 atom stereocenters. The number of hydrogen-bond acceptors (Lipinski definition) is 3. The van der Waals surface area contributed by atoms with Crippen molar-refractivity contribution in [3.63, 3.8) is 0 Å². The van der Waals surface area contributed by atoms with Crippen LogP contribution in [0.2, 0.25) is 0 Å². The Hall–Kier alpha value is -0.930. The third kappa shape index (κ3) is 3.58. The van der Waals surface area contributed by atoms with Crippen molar-refractivity contribution in [3.05, 3.63) is 29.6 Å². The lowest BCUT2D eigenvalue weighted by atomic mass is 9.75. The van der Waals surface area contributed by atoms with Crippen LogP contribution in [-0.2, 0) is 6.54 Å². The molecule has 2 unspecified atom stereocenters. The summed E-state index contributed by atoms with van der Waals surface area (Å²) < 4.78 is 0. The number of rotatable bonds is 5. The highest BCUT2D eigenvalue weighted by Crippen LogP contribution is 2.35. The second-order valence-electron chi connectivity index (χ2n) is 6.73. The van der Waals surface area contributed by atoms with Crippen molar-refractivity contribution in [2.24, 2.45) is 5.92 Å². The molecule has 0 aromatic carbocycles. The van der Waals surface area contributed by atoms with E-state index in [9.17, 15) is 0 Å². The average Bonchev–Trinajstić information content (AvgIpc) is 2.41. The second kappa shape index (κ2) is 6.68. The first kappa shape index (κ1) is 15.5. The molecule has 1 saturated carbocycles. The van der Waals surface area contributed by atoms with Crippen LogP contribution in [0.1, 0.15) is 43.7 Å². The Labute approximate surface area is 123 Å². The van der Waals surface area contributed by atoms with Crippen LogP contribution < -0.4 is 5.32 Å². The molecule has 1 aliphatic carbocycles. The summed E-state index contributed by atoms with van der Waals surface area (Å²) in [6.45, 7) is 6.54. The smallest absolute Gasteiger partial charge is 0.0330 e. The molecule has 0 bridgehead atoms. The zero-order chi connectivity index (χ0) is 14.6. The fourth-order valence-electron chi connectivity index (χ4n) is 3.47. The van der Waals surface area contributed by atoms with Crippen molar-refractivity contribution in [2.45, 2.75) is 51.6 Å². The third-order valence-electron chi connectivity index (χ3n) is 4.93. The molecular formula is C17H29N3. The van der Waals surface area contributed by atoms with Crippen molar-refractivity contribution in [2.75, 3.05) is 20.6 Å². The van der Waals surface area contributed by atoms with Gasteiger partial charge in [-0.25, -0.2) is 0 Å². The normalized spacial score (nSPS) is 26.9. The fraction of sp³-hybridized carbons (Fsp3) is 0.706. The summed E-state index contributed by atoms with van der Waals surface area (Å²) >= 11 is 0. The van der Waals surface area contributed by atoms with Crippen LogP contribution >= 0.6 is 0 Å². The minimum atomic E-state index is 0.327. The van der Waals surface area contributed by atoms with Gasteiger partial charge in [-0.2, -0.15) is 0 Å². The Morgan fingerprint density at radius 3 is 2.90 bits per heavy atom. The van der Waals surface area contributed by atoms with Gasteiger partial charge in [-0.3, -0.25) is 4.98 Å². The molecule has 2 rings (SSSR count). The molecule has 1 aliphatic rings. The van der Waals surface area contributed by atoms with Crippen LogP contribution in [0.15, 0.2) is 18.5 Å². The van der Waals surface area contributed by atoms with Gasteiger partial charge in [0.05, 0.1) is 0 Å². The molecule has 3 heteroatoms. The van der Waals surface area contributed by atoms with Crippen LogP contribution in [0.5, 0.6) is 0 Å². The maximum atomic E-state index is 4.23. The number of aryl methyl sites for hydroxylation is 1. The van der Waals surface area contributed by atoms with E-state index in [1.807, 2.05) is 12.4 Å². The van der Waals surface area contributed by atoms with E-state index >= 15 is 0 Å². The maximum Gasteiger partial charge on any atom is 0.0330 e. The zero-order valence-electron chi connectivity index (χ0n) is 13.4. The van der Waals surface area contributed by atoms with Gasteiger partial charge < -0.3 is 10.2 Å². The first-order chi connectivity index (χ1) is 9.53. The van der Waals surface area contributed by atoms with Gasteiger partial charge in [0, 0.05) is 31.0 Å². The third-order valence-corrected chi connectivity index (χ3v) is 4.93. The minimum Gasteiger partial charge on any atom is -0.311 e. The molecular weight excluding hydrogens is 246 g/mol. The average molecular weight is 275 g/mol. The SMILES string of the molecule is Cc1ccncc1CNCC1(N(C)C)CCCC(C)C1. The molecule has 20 heavy (non-hydrogen) atoms. The second-order valence-corrected chi connectivity index (χ2v) is 6.73. The van der Waals surface area contributed by atoms with Gasteiger partial charge in [-0.15, -0.1) is 0 Å². The van der Waals surface area contributed by atoms with E-state index in [1.54, 1.807) is 0 Å². The summed E-state index contributed by atoms with van der Waals surface area (Å²) in [5.74, 6) is 0.841. The van der Waals surface area contributed by atoms with E-state index in [4.69, 9.17) is 0 Å². The lowest BCUT2D eigenvalue weighted by Gasteiger charge is -2.45. The van der Waals surface area contributed by atoms with Crippen molar-refractivity contribution in [1.82, 2.24) is 15.2 Å². The van der Waals surface area contributed by atoms with E-state index < -0.39 is 0 Å². The number of likely N-dealkylation sites (N-methyl/N-ethyl adjacent to an activating group) is 1. The Balaban J connectivity index is 1.95. The largest absolute Gasteiger partial charge is 0.311 e. The Bertz CT molecular complexity index is 430. The highest BCUT2D eigenvalue weighted by Gasteiger charge is 2.36. The quantitative estimate of drug-likeness (QED) is 0.895. The summed E-state index contributed by atoms with van der Waals surface area (Å²) in [5.41, 5.74) is 2.96. The summed E-state index contributed by atoms with van der Waals surface area (Å²) in [6.07, 6.45) is 9.20. The van der Waals surface area contributed by atoms with Crippen molar-refractivity contribution < 1.29 is 0 Å². The van der Waals surface area contributed by atoms with Crippen LogP contribution in [0.25, 0.3) is 0 Å². The Morgan fingerprint density at radius 1 is 1.45 bits per heavy atom. The summed E-state index contributed by atoms with van der Waals surface area (Å²) in [4.78, 5) is 6.66. The molecule has 1 N–H and O–H groups in total. The molecule has 0 aliphatic heterocycles. The standard InChI is InChI=1S/C17H29N3/c1-14-6-5-8-17(10-14,20(3)4)13-19-12-16-11-18-9-7-15(16)2/h7,9,11,14,19H,5-6,8,10,12-13H2,1-4H3. The molecule has 3 nitrogen and oxygen atoms in total. The van der Waals surface area contributed by atoms with Gasteiger partial charge in [-0.1, -0.05) is 19.8 Å². The van der Waals surface area contributed by atoms with Gasteiger partial charge in [0.15, 0.2) is 0 Å². The lowest BCUT2D eigenvalue weighted by Crippen LogP contribution is -2.54. The Kier molecular flexibility index (Phi) is 5.17. The van der Waals surface area contributed by atoms with E-state index in [2.05, 4.69) is 49.2 Å². The highest BCUT2D eigenvalue weighted by atomic mass is 15.2. The van der Waals surface area contributed by atoms with Crippen LogP contribution in [0.3, 0.4) is 0 Å². The van der Waals surface area contributed by atoms with Crippen LogP contribution in [-0.4, -0.2) is 36.1 Å². The van der Waals surface area contributed by atoms with Gasteiger partial charge in [0.2, 0.25) is 0 Å². The number of hydrogen-bond donors (Lipinski definition) is 1. The molecule has 112 valence electrons. The minimum absolute atomic E-state index is 0.327.